The normalized spacial score (nSPS) is 10.8. The number of anilines is 1. The summed E-state index contributed by atoms with van der Waals surface area (Å²) < 4.78 is 0.903. The molecule has 0 saturated carbocycles. The van der Waals surface area contributed by atoms with Crippen molar-refractivity contribution in [1.82, 2.24) is 15.2 Å². The van der Waals surface area contributed by atoms with Crippen molar-refractivity contribution in [3.05, 3.63) is 55.9 Å². The van der Waals surface area contributed by atoms with E-state index in [1.807, 2.05) is 24.3 Å². The van der Waals surface area contributed by atoms with E-state index in [9.17, 15) is 4.79 Å². The van der Waals surface area contributed by atoms with Crippen LogP contribution >= 0.6 is 62.5 Å². The van der Waals surface area contributed by atoms with E-state index in [-0.39, 0.29) is 11.7 Å². The minimum atomic E-state index is -0.262. The molecule has 2 N–H and O–H groups in total. The summed E-state index contributed by atoms with van der Waals surface area (Å²) in [6, 6.07) is 10.6. The molecule has 5 nitrogen and oxygen atoms in total. The van der Waals surface area contributed by atoms with Gasteiger partial charge in [-0.05, 0) is 18.2 Å². The van der Waals surface area contributed by atoms with Crippen molar-refractivity contribution in [3.8, 4) is 11.4 Å². The van der Waals surface area contributed by atoms with Gasteiger partial charge in [-0.1, -0.05) is 80.7 Å². The maximum absolute atomic E-state index is 12.1. The van der Waals surface area contributed by atoms with Gasteiger partial charge in [0.1, 0.15) is 0 Å². The molecule has 10 heteroatoms. The van der Waals surface area contributed by atoms with E-state index in [1.54, 1.807) is 0 Å². The van der Waals surface area contributed by atoms with Crippen molar-refractivity contribution in [2.45, 2.75) is 5.16 Å². The predicted octanol–water partition coefficient (Wildman–Crippen LogP) is 5.93. The van der Waals surface area contributed by atoms with Crippen molar-refractivity contribution < 1.29 is 4.79 Å². The van der Waals surface area contributed by atoms with Gasteiger partial charge in [0.25, 0.3) is 0 Å². The zero-order valence-corrected chi connectivity index (χ0v) is 17.6. The van der Waals surface area contributed by atoms with Crippen LogP contribution in [0, 0.1) is 0 Å². The number of hydrogen-bond acceptors (Lipinski definition) is 4. The number of thioether (sulfide) groups is 1. The van der Waals surface area contributed by atoms with Gasteiger partial charge in [0, 0.05) is 10.0 Å². The number of amides is 1. The first kappa shape index (κ1) is 19.5. The molecule has 0 aliphatic carbocycles. The minimum Gasteiger partial charge on any atom is -0.324 e. The average Bonchev–Trinajstić information content (AvgIpc) is 3.07. The number of nitrogens with zero attached hydrogens (tertiary/aromatic N) is 2. The lowest BCUT2D eigenvalue weighted by Gasteiger charge is -2.08. The summed E-state index contributed by atoms with van der Waals surface area (Å²) in [6.45, 7) is 0. The Kier molecular flexibility index (Phi) is 6.47. The largest absolute Gasteiger partial charge is 0.324 e. The van der Waals surface area contributed by atoms with E-state index in [4.69, 9.17) is 34.8 Å². The van der Waals surface area contributed by atoms with E-state index in [0.717, 1.165) is 10.0 Å². The van der Waals surface area contributed by atoms with E-state index in [1.165, 1.54) is 23.9 Å². The lowest BCUT2D eigenvalue weighted by atomic mass is 10.2. The summed E-state index contributed by atoms with van der Waals surface area (Å²) in [5.74, 6) is 0.472. The summed E-state index contributed by atoms with van der Waals surface area (Å²) in [4.78, 5) is 16.5. The highest BCUT2D eigenvalue weighted by molar-refractivity contribution is 9.10. The molecule has 1 amide bonds. The smallest absolute Gasteiger partial charge is 0.234 e. The average molecular weight is 493 g/mol. The molecule has 0 radical (unpaired) electrons. The van der Waals surface area contributed by atoms with Gasteiger partial charge in [-0.2, -0.15) is 0 Å². The number of rotatable bonds is 5. The second-order valence-corrected chi connectivity index (χ2v) is 8.05. The molecule has 3 aromatic rings. The number of aromatic amines is 1. The van der Waals surface area contributed by atoms with Crippen molar-refractivity contribution >= 4 is 74.1 Å². The van der Waals surface area contributed by atoms with Crippen LogP contribution in [0.25, 0.3) is 11.4 Å². The topological polar surface area (TPSA) is 70.7 Å². The third kappa shape index (κ3) is 4.72. The quantitative estimate of drug-likeness (QED) is 0.342. The molecule has 0 atom stereocenters. The number of halogens is 4. The number of aromatic nitrogens is 3. The van der Waals surface area contributed by atoms with Crippen LogP contribution in [-0.4, -0.2) is 26.8 Å². The molecular weight excluding hydrogens is 483 g/mol. The van der Waals surface area contributed by atoms with Crippen molar-refractivity contribution in [2.24, 2.45) is 0 Å². The summed E-state index contributed by atoms with van der Waals surface area (Å²) in [6.07, 6.45) is 0. The van der Waals surface area contributed by atoms with Gasteiger partial charge >= 0.3 is 0 Å². The maximum Gasteiger partial charge on any atom is 0.234 e. The second-order valence-electron chi connectivity index (χ2n) is 5.03. The summed E-state index contributed by atoms with van der Waals surface area (Å²) in [7, 11) is 0. The number of carbonyl (C=O) groups is 1. The van der Waals surface area contributed by atoms with Crippen LogP contribution in [0.15, 0.2) is 46.0 Å². The van der Waals surface area contributed by atoms with Crippen LogP contribution in [0.2, 0.25) is 15.1 Å². The molecular formula is C16H10BrCl3N4OS. The molecule has 0 saturated heterocycles. The van der Waals surface area contributed by atoms with Crippen molar-refractivity contribution in [3.63, 3.8) is 0 Å². The van der Waals surface area contributed by atoms with E-state index >= 15 is 0 Å². The maximum atomic E-state index is 12.1. The molecule has 0 spiro atoms. The van der Waals surface area contributed by atoms with Gasteiger partial charge in [0.15, 0.2) is 5.82 Å². The Bertz CT molecular complexity index is 966. The van der Waals surface area contributed by atoms with Crippen LogP contribution in [-0.2, 0) is 4.79 Å². The molecule has 2 aromatic carbocycles. The minimum absolute atomic E-state index is 0.115. The molecule has 3 rings (SSSR count). The Hall–Kier alpha value is -1.25. The van der Waals surface area contributed by atoms with Crippen LogP contribution in [0.3, 0.4) is 0 Å². The zero-order chi connectivity index (χ0) is 18.7. The fourth-order valence-electron chi connectivity index (χ4n) is 2.02. The van der Waals surface area contributed by atoms with Crippen molar-refractivity contribution in [2.75, 3.05) is 11.1 Å². The number of nitrogens with one attached hydrogen (secondary N) is 2. The monoisotopic (exact) mass is 490 g/mol. The number of hydrogen-bond donors (Lipinski definition) is 2. The molecule has 0 unspecified atom stereocenters. The number of carbonyl (C=O) groups excluding carboxylic acids is 1. The molecule has 26 heavy (non-hydrogen) atoms. The Morgan fingerprint density at radius 2 is 1.88 bits per heavy atom. The first-order valence-electron chi connectivity index (χ1n) is 7.18. The van der Waals surface area contributed by atoms with Crippen LogP contribution in [0.4, 0.5) is 5.69 Å². The molecule has 0 aliphatic heterocycles. The lowest BCUT2D eigenvalue weighted by molar-refractivity contribution is -0.113. The Morgan fingerprint density at radius 3 is 2.65 bits per heavy atom. The zero-order valence-electron chi connectivity index (χ0n) is 12.9. The molecule has 0 bridgehead atoms. The lowest BCUT2D eigenvalue weighted by Crippen LogP contribution is -2.14. The third-order valence-electron chi connectivity index (χ3n) is 3.21. The molecule has 0 fully saturated rings. The van der Waals surface area contributed by atoms with Crippen LogP contribution in [0.1, 0.15) is 0 Å². The predicted molar refractivity (Wildman–Crippen MR) is 110 cm³/mol. The molecule has 1 aromatic heterocycles. The highest BCUT2D eigenvalue weighted by atomic mass is 79.9. The third-order valence-corrected chi connectivity index (χ3v) is 5.78. The van der Waals surface area contributed by atoms with Crippen LogP contribution in [0.5, 0.6) is 0 Å². The Labute approximate surface area is 177 Å². The van der Waals surface area contributed by atoms with Crippen molar-refractivity contribution in [1.29, 1.82) is 0 Å². The molecule has 0 aliphatic rings. The SMILES string of the molecule is O=C(CSc1n[nH]c(-c2ccccc2Br)n1)Nc1cc(Cl)c(Cl)cc1Cl. The molecule has 1 heterocycles. The second kappa shape index (κ2) is 8.63. The van der Waals surface area contributed by atoms with Gasteiger partial charge in [0.05, 0.1) is 26.5 Å². The van der Waals surface area contributed by atoms with Gasteiger partial charge in [-0.25, -0.2) is 4.98 Å². The fourth-order valence-corrected chi connectivity index (χ4v) is 3.68. The highest BCUT2D eigenvalue weighted by Crippen LogP contribution is 2.32. The Balaban J connectivity index is 1.62. The molecule has 134 valence electrons. The van der Waals surface area contributed by atoms with Gasteiger partial charge in [-0.15, -0.1) is 5.10 Å². The van der Waals surface area contributed by atoms with Gasteiger partial charge in [0.2, 0.25) is 11.1 Å². The number of benzene rings is 2. The van der Waals surface area contributed by atoms with Gasteiger partial charge in [-0.3, -0.25) is 9.89 Å². The summed E-state index contributed by atoms with van der Waals surface area (Å²) in [5, 5.41) is 11.1. The standard InChI is InChI=1S/C16H10BrCl3N4OS/c17-9-4-2-1-3-8(9)15-22-16(24-23-15)26-7-14(25)21-13-6-11(19)10(18)5-12(13)20/h1-6H,7H2,(H,21,25)(H,22,23,24). The first-order valence-corrected chi connectivity index (χ1v) is 10.1. The van der Waals surface area contributed by atoms with E-state index in [2.05, 4.69) is 36.4 Å². The summed E-state index contributed by atoms with van der Waals surface area (Å²) >= 11 is 22.5. The van der Waals surface area contributed by atoms with Crippen LogP contribution < -0.4 is 5.32 Å². The first-order chi connectivity index (χ1) is 12.4. The fraction of sp³-hybridized carbons (Fsp3) is 0.0625. The van der Waals surface area contributed by atoms with Gasteiger partial charge < -0.3 is 5.32 Å². The number of H-pyrrole nitrogens is 1. The Morgan fingerprint density at radius 1 is 1.15 bits per heavy atom. The van der Waals surface area contributed by atoms with E-state index < -0.39 is 0 Å². The highest BCUT2D eigenvalue weighted by Gasteiger charge is 2.13. The van der Waals surface area contributed by atoms with E-state index in [0.29, 0.717) is 31.7 Å². The summed E-state index contributed by atoms with van der Waals surface area (Å²) in [5.41, 5.74) is 1.29.